The van der Waals surface area contributed by atoms with Gasteiger partial charge in [0.2, 0.25) is 5.72 Å². The smallest absolute Gasteiger partial charge is 0.207 e. The first-order valence-corrected chi connectivity index (χ1v) is 3.29. The third-order valence-electron chi connectivity index (χ3n) is 1.49. The molecule has 1 unspecified atom stereocenters. The Morgan fingerprint density at radius 3 is 2.20 bits per heavy atom. The van der Waals surface area contributed by atoms with Crippen LogP contribution in [0.5, 0.6) is 0 Å². The maximum absolute atomic E-state index is 8.67. The fourth-order valence-corrected chi connectivity index (χ4v) is 0.542. The second kappa shape index (κ2) is 3.55. The third kappa shape index (κ3) is 1.98. The topological polar surface area (TPSA) is 36.3 Å². The predicted octanol–water partition coefficient (Wildman–Crippen LogP) is 0.824. The number of rotatable bonds is 3. The van der Waals surface area contributed by atoms with Crippen molar-refractivity contribution in [3.63, 3.8) is 0 Å². The third-order valence-corrected chi connectivity index (χ3v) is 1.49. The van der Waals surface area contributed by atoms with Crippen LogP contribution in [-0.2, 0) is 4.74 Å². The number of hydrogen-bond donors (Lipinski definition) is 0. The van der Waals surface area contributed by atoms with Gasteiger partial charge in [0, 0.05) is 6.61 Å². The molecule has 0 fully saturated rings. The lowest BCUT2D eigenvalue weighted by Gasteiger charge is -2.28. The maximum Gasteiger partial charge on any atom is 0.207 e. The van der Waals surface area contributed by atoms with Crippen molar-refractivity contribution in [2.45, 2.75) is 19.6 Å². The highest BCUT2D eigenvalue weighted by Gasteiger charge is 2.26. The highest BCUT2D eigenvalue weighted by molar-refractivity contribution is 4.95. The van der Waals surface area contributed by atoms with Crippen molar-refractivity contribution in [3.05, 3.63) is 0 Å². The summed E-state index contributed by atoms with van der Waals surface area (Å²) in [5, 5.41) is 8.67. The Morgan fingerprint density at radius 1 is 1.60 bits per heavy atom. The molecule has 0 amide bonds. The molecule has 0 aromatic carbocycles. The molecule has 0 saturated carbocycles. The molecule has 0 aromatic rings. The van der Waals surface area contributed by atoms with Crippen LogP contribution in [0.1, 0.15) is 13.8 Å². The largest absolute Gasteiger partial charge is 0.348 e. The highest BCUT2D eigenvalue weighted by atomic mass is 16.5. The van der Waals surface area contributed by atoms with Crippen LogP contribution in [-0.4, -0.2) is 31.3 Å². The zero-order valence-corrected chi connectivity index (χ0v) is 7.01. The summed E-state index contributed by atoms with van der Waals surface area (Å²) in [6, 6.07) is 2.08. The first-order chi connectivity index (χ1) is 4.56. The molecule has 3 heteroatoms. The Morgan fingerprint density at radius 2 is 2.10 bits per heavy atom. The summed E-state index contributed by atoms with van der Waals surface area (Å²) >= 11 is 0. The number of ether oxygens (including phenoxy) is 1. The van der Waals surface area contributed by atoms with E-state index in [1.165, 1.54) is 0 Å². The summed E-state index contributed by atoms with van der Waals surface area (Å²) < 4.78 is 5.20. The molecule has 10 heavy (non-hydrogen) atoms. The van der Waals surface area contributed by atoms with Crippen LogP contribution in [0.15, 0.2) is 0 Å². The van der Waals surface area contributed by atoms with Gasteiger partial charge in [-0.2, -0.15) is 5.26 Å². The van der Waals surface area contributed by atoms with Crippen molar-refractivity contribution < 1.29 is 4.74 Å². The molecular formula is C7H14N2O. The van der Waals surface area contributed by atoms with E-state index in [0.717, 1.165) is 0 Å². The molecule has 0 bridgehead atoms. The molecule has 58 valence electrons. The Bertz CT molecular complexity index is 139. The van der Waals surface area contributed by atoms with Crippen molar-refractivity contribution in [3.8, 4) is 6.07 Å². The standard InChI is InChI=1S/C7H14N2O/c1-5-10-7(2,6-8)9(3)4/h5H2,1-4H3. The van der Waals surface area contributed by atoms with Crippen molar-refractivity contribution in [1.82, 2.24) is 4.90 Å². The minimum atomic E-state index is -0.769. The van der Waals surface area contributed by atoms with E-state index in [4.69, 9.17) is 10.00 Å². The molecule has 0 aliphatic carbocycles. The van der Waals surface area contributed by atoms with Gasteiger partial charge in [0.25, 0.3) is 0 Å². The lowest BCUT2D eigenvalue weighted by molar-refractivity contribution is -0.0758. The first-order valence-electron chi connectivity index (χ1n) is 3.29. The van der Waals surface area contributed by atoms with Gasteiger partial charge in [-0.25, -0.2) is 0 Å². The van der Waals surface area contributed by atoms with E-state index in [0.29, 0.717) is 6.61 Å². The summed E-state index contributed by atoms with van der Waals surface area (Å²) in [6.45, 7) is 4.18. The van der Waals surface area contributed by atoms with Gasteiger partial charge in [0.1, 0.15) is 6.07 Å². The van der Waals surface area contributed by atoms with E-state index in [-0.39, 0.29) is 0 Å². The Hall–Kier alpha value is -0.590. The molecule has 0 rings (SSSR count). The van der Waals surface area contributed by atoms with Gasteiger partial charge in [-0.3, -0.25) is 4.90 Å². The van der Waals surface area contributed by atoms with Gasteiger partial charge < -0.3 is 4.74 Å². The van der Waals surface area contributed by atoms with Crippen LogP contribution in [0, 0.1) is 11.3 Å². The SMILES string of the molecule is CCOC(C)(C#N)N(C)C. The average Bonchev–Trinajstić information content (AvgIpc) is 1.88. The van der Waals surface area contributed by atoms with E-state index in [1.54, 1.807) is 11.8 Å². The van der Waals surface area contributed by atoms with Crippen LogP contribution in [0.3, 0.4) is 0 Å². The second-order valence-corrected chi connectivity index (χ2v) is 2.42. The van der Waals surface area contributed by atoms with E-state index < -0.39 is 5.72 Å². The zero-order valence-electron chi connectivity index (χ0n) is 7.01. The molecule has 0 N–H and O–H groups in total. The quantitative estimate of drug-likeness (QED) is 0.547. The van der Waals surface area contributed by atoms with Gasteiger partial charge >= 0.3 is 0 Å². The minimum absolute atomic E-state index is 0.558. The number of nitrogens with zero attached hydrogens (tertiary/aromatic N) is 2. The lowest BCUT2D eigenvalue weighted by Crippen LogP contribution is -2.42. The molecule has 0 aromatic heterocycles. The Labute approximate surface area is 62.2 Å². The maximum atomic E-state index is 8.67. The van der Waals surface area contributed by atoms with Crippen molar-refractivity contribution in [2.75, 3.05) is 20.7 Å². The summed E-state index contributed by atoms with van der Waals surface area (Å²) in [5.74, 6) is 0. The number of hydrogen-bond acceptors (Lipinski definition) is 3. The van der Waals surface area contributed by atoms with Gasteiger partial charge in [-0.1, -0.05) is 0 Å². The number of nitriles is 1. The molecule has 0 aliphatic rings. The summed E-state index contributed by atoms with van der Waals surface area (Å²) in [5.41, 5.74) is -0.769. The average molecular weight is 142 g/mol. The molecule has 0 saturated heterocycles. The van der Waals surface area contributed by atoms with Gasteiger partial charge in [-0.05, 0) is 27.9 Å². The summed E-state index contributed by atoms with van der Waals surface area (Å²) in [4.78, 5) is 1.75. The van der Waals surface area contributed by atoms with E-state index in [1.807, 2.05) is 21.0 Å². The van der Waals surface area contributed by atoms with Gasteiger partial charge in [0.15, 0.2) is 0 Å². The monoisotopic (exact) mass is 142 g/mol. The van der Waals surface area contributed by atoms with Crippen molar-refractivity contribution in [1.29, 1.82) is 5.26 Å². The van der Waals surface area contributed by atoms with Crippen LogP contribution >= 0.6 is 0 Å². The Kier molecular flexibility index (Phi) is 3.34. The first kappa shape index (κ1) is 9.41. The van der Waals surface area contributed by atoms with Crippen LogP contribution in [0.4, 0.5) is 0 Å². The summed E-state index contributed by atoms with van der Waals surface area (Å²) in [6.07, 6.45) is 0. The van der Waals surface area contributed by atoms with Crippen molar-refractivity contribution in [2.24, 2.45) is 0 Å². The highest BCUT2D eigenvalue weighted by Crippen LogP contribution is 2.10. The van der Waals surface area contributed by atoms with Crippen molar-refractivity contribution >= 4 is 0 Å². The fraction of sp³-hybridized carbons (Fsp3) is 0.857. The lowest BCUT2D eigenvalue weighted by atomic mass is 10.3. The molecule has 0 aliphatic heterocycles. The summed E-state index contributed by atoms with van der Waals surface area (Å²) in [7, 11) is 3.64. The molecule has 0 spiro atoms. The van der Waals surface area contributed by atoms with Crippen LogP contribution < -0.4 is 0 Å². The van der Waals surface area contributed by atoms with Gasteiger partial charge in [-0.15, -0.1) is 0 Å². The predicted molar refractivity (Wildman–Crippen MR) is 39.3 cm³/mol. The van der Waals surface area contributed by atoms with E-state index in [9.17, 15) is 0 Å². The molecular weight excluding hydrogens is 128 g/mol. The second-order valence-electron chi connectivity index (χ2n) is 2.42. The van der Waals surface area contributed by atoms with Gasteiger partial charge in [0.05, 0.1) is 0 Å². The Balaban J connectivity index is 4.12. The minimum Gasteiger partial charge on any atom is -0.348 e. The zero-order chi connectivity index (χ0) is 8.20. The fourth-order valence-electron chi connectivity index (χ4n) is 0.542. The molecule has 1 atom stereocenters. The van der Waals surface area contributed by atoms with E-state index in [2.05, 4.69) is 6.07 Å². The normalized spacial score (nSPS) is 16.4. The molecule has 0 heterocycles. The van der Waals surface area contributed by atoms with Crippen LogP contribution in [0.25, 0.3) is 0 Å². The van der Waals surface area contributed by atoms with E-state index >= 15 is 0 Å². The molecule has 3 nitrogen and oxygen atoms in total. The van der Waals surface area contributed by atoms with Crippen LogP contribution in [0.2, 0.25) is 0 Å². The molecule has 0 radical (unpaired) electrons.